The number of nitrogens with zero attached hydrogens (tertiary/aromatic N) is 2. The number of halogens is 1. The molecule has 0 unspecified atom stereocenters. The Morgan fingerprint density at radius 1 is 1.06 bits per heavy atom. The first-order chi connectivity index (χ1) is 15.1. The zero-order chi connectivity index (χ0) is 23.2. The Kier molecular flexibility index (Phi) is 5.91. The fraction of sp³-hybridized carbons (Fsp3) is 0.385. The summed E-state index contributed by atoms with van der Waals surface area (Å²) in [6.45, 7) is 7.86. The van der Waals surface area contributed by atoms with Crippen molar-refractivity contribution in [1.29, 1.82) is 0 Å². The molecular formula is C26H29ClN2O3. The zero-order valence-corrected chi connectivity index (χ0v) is 20.0. The van der Waals surface area contributed by atoms with E-state index < -0.39 is 6.04 Å². The van der Waals surface area contributed by atoms with E-state index in [1.54, 1.807) is 23.1 Å². The third kappa shape index (κ3) is 4.07. The molecule has 4 rings (SSSR count). The van der Waals surface area contributed by atoms with E-state index in [2.05, 4.69) is 37.8 Å². The Labute approximate surface area is 193 Å². The van der Waals surface area contributed by atoms with Crippen molar-refractivity contribution in [2.75, 3.05) is 27.2 Å². The zero-order valence-electron chi connectivity index (χ0n) is 19.2. The van der Waals surface area contributed by atoms with Gasteiger partial charge in [0, 0.05) is 11.6 Å². The minimum atomic E-state index is -0.478. The molecule has 5 nitrogen and oxygen atoms in total. The third-order valence-electron chi connectivity index (χ3n) is 6.02. The second-order valence-electron chi connectivity index (χ2n) is 9.74. The Hall–Kier alpha value is -2.63. The average Bonchev–Trinajstić information content (AvgIpc) is 3.00. The summed E-state index contributed by atoms with van der Waals surface area (Å²) in [5.41, 5.74) is 2.70. The van der Waals surface area contributed by atoms with Gasteiger partial charge in [-0.05, 0) is 61.8 Å². The van der Waals surface area contributed by atoms with Crippen LogP contribution in [0, 0.1) is 0 Å². The Bertz CT molecular complexity index is 1220. The number of hydrogen-bond acceptors (Lipinski definition) is 4. The third-order valence-corrected chi connectivity index (χ3v) is 6.26. The molecule has 2 aromatic carbocycles. The number of hydrogen-bond donors (Lipinski definition) is 0. The summed E-state index contributed by atoms with van der Waals surface area (Å²) in [5.74, 6) is -0.0998. The van der Waals surface area contributed by atoms with Crippen LogP contribution in [0.5, 0.6) is 0 Å². The van der Waals surface area contributed by atoms with Gasteiger partial charge in [-0.25, -0.2) is 0 Å². The molecule has 1 aliphatic heterocycles. The summed E-state index contributed by atoms with van der Waals surface area (Å²) >= 11 is 6.15. The van der Waals surface area contributed by atoms with E-state index in [0.717, 1.165) is 18.5 Å². The second kappa shape index (κ2) is 8.38. The molecule has 1 atom stereocenters. The normalized spacial score (nSPS) is 16.3. The fourth-order valence-corrected chi connectivity index (χ4v) is 4.46. The van der Waals surface area contributed by atoms with Crippen molar-refractivity contribution in [3.63, 3.8) is 0 Å². The molecule has 168 valence electrons. The summed E-state index contributed by atoms with van der Waals surface area (Å²) in [6, 6.07) is 12.6. The van der Waals surface area contributed by atoms with Crippen molar-refractivity contribution in [1.82, 2.24) is 9.80 Å². The standard InChI is InChI=1S/C26H29ClN2O3/c1-26(2,3)17-9-7-16(8-10-17)22-21-23(30)19-15-18(27)11-12-20(19)32-24(21)25(31)29(22)14-6-13-28(4)5/h7-12,15,22H,6,13-14H2,1-5H3/t22-/m0/s1. The molecule has 0 aliphatic carbocycles. The summed E-state index contributed by atoms with van der Waals surface area (Å²) < 4.78 is 5.98. The lowest BCUT2D eigenvalue weighted by atomic mass is 9.86. The first-order valence-corrected chi connectivity index (χ1v) is 11.3. The van der Waals surface area contributed by atoms with Crippen molar-refractivity contribution in [3.8, 4) is 0 Å². The Balaban J connectivity index is 1.86. The molecule has 3 aromatic rings. The summed E-state index contributed by atoms with van der Waals surface area (Å²) in [6.07, 6.45) is 0.794. The lowest BCUT2D eigenvalue weighted by Gasteiger charge is -2.26. The minimum absolute atomic E-state index is 0.0132. The van der Waals surface area contributed by atoms with Gasteiger partial charge in [0.15, 0.2) is 5.43 Å². The number of carbonyl (C=O) groups is 1. The monoisotopic (exact) mass is 452 g/mol. The maximum absolute atomic E-state index is 13.5. The van der Waals surface area contributed by atoms with Crippen LogP contribution in [0.1, 0.15) is 60.5 Å². The van der Waals surface area contributed by atoms with Gasteiger partial charge in [0.2, 0.25) is 5.76 Å². The van der Waals surface area contributed by atoms with Crippen LogP contribution >= 0.6 is 11.6 Å². The maximum atomic E-state index is 13.5. The van der Waals surface area contributed by atoms with E-state index in [9.17, 15) is 9.59 Å². The summed E-state index contributed by atoms with van der Waals surface area (Å²) in [5, 5.41) is 0.860. The molecule has 0 fully saturated rings. The second-order valence-corrected chi connectivity index (χ2v) is 10.2. The maximum Gasteiger partial charge on any atom is 0.290 e. The molecule has 0 radical (unpaired) electrons. The quantitative estimate of drug-likeness (QED) is 0.531. The van der Waals surface area contributed by atoms with Crippen LogP contribution in [-0.2, 0) is 5.41 Å². The van der Waals surface area contributed by atoms with Gasteiger partial charge >= 0.3 is 0 Å². The van der Waals surface area contributed by atoms with E-state index >= 15 is 0 Å². The van der Waals surface area contributed by atoms with Crippen molar-refractivity contribution in [2.45, 2.75) is 38.6 Å². The lowest BCUT2D eigenvalue weighted by molar-refractivity contribution is 0.0722. The molecule has 2 heterocycles. The van der Waals surface area contributed by atoms with Gasteiger partial charge in [-0.2, -0.15) is 0 Å². The van der Waals surface area contributed by atoms with Crippen molar-refractivity contribution in [3.05, 3.63) is 80.2 Å². The van der Waals surface area contributed by atoms with Gasteiger partial charge in [0.05, 0.1) is 17.0 Å². The van der Waals surface area contributed by atoms with Crippen LogP contribution in [0.4, 0.5) is 0 Å². The SMILES string of the molecule is CN(C)CCCN1C(=O)c2oc3ccc(Cl)cc3c(=O)c2[C@@H]1c1ccc(C(C)(C)C)cc1. The van der Waals surface area contributed by atoms with Crippen LogP contribution < -0.4 is 5.43 Å². The molecule has 1 aliphatic rings. The highest BCUT2D eigenvalue weighted by atomic mass is 35.5. The first-order valence-electron chi connectivity index (χ1n) is 10.9. The molecule has 0 bridgehead atoms. The van der Waals surface area contributed by atoms with Gasteiger partial charge in [-0.15, -0.1) is 0 Å². The van der Waals surface area contributed by atoms with Gasteiger partial charge in [0.1, 0.15) is 5.58 Å². The number of fused-ring (bicyclic) bond motifs is 2. The summed E-state index contributed by atoms with van der Waals surface area (Å²) in [4.78, 5) is 30.8. The molecular weight excluding hydrogens is 424 g/mol. The molecule has 0 saturated carbocycles. The van der Waals surface area contributed by atoms with Crippen molar-refractivity contribution >= 4 is 28.5 Å². The minimum Gasteiger partial charge on any atom is -0.450 e. The summed E-state index contributed by atoms with van der Waals surface area (Å²) in [7, 11) is 4.01. The number of benzene rings is 2. The number of rotatable bonds is 5. The molecule has 0 spiro atoms. The van der Waals surface area contributed by atoms with Gasteiger partial charge in [-0.1, -0.05) is 56.6 Å². The van der Waals surface area contributed by atoms with Crippen LogP contribution in [-0.4, -0.2) is 42.9 Å². The van der Waals surface area contributed by atoms with E-state index in [4.69, 9.17) is 16.0 Å². The van der Waals surface area contributed by atoms with Gasteiger partial charge in [0.25, 0.3) is 5.91 Å². The first kappa shape index (κ1) is 22.6. The predicted octanol–water partition coefficient (Wildman–Crippen LogP) is 5.24. The van der Waals surface area contributed by atoms with E-state index in [-0.39, 0.29) is 22.5 Å². The largest absolute Gasteiger partial charge is 0.450 e. The van der Waals surface area contributed by atoms with Gasteiger partial charge in [-0.3, -0.25) is 9.59 Å². The van der Waals surface area contributed by atoms with Crippen LogP contribution in [0.15, 0.2) is 51.7 Å². The highest BCUT2D eigenvalue weighted by molar-refractivity contribution is 6.31. The van der Waals surface area contributed by atoms with Gasteiger partial charge < -0.3 is 14.2 Å². The van der Waals surface area contributed by atoms with Crippen LogP contribution in [0.3, 0.4) is 0 Å². The average molecular weight is 453 g/mol. The van der Waals surface area contributed by atoms with E-state index in [0.29, 0.717) is 28.1 Å². The molecule has 32 heavy (non-hydrogen) atoms. The molecule has 1 aromatic heterocycles. The van der Waals surface area contributed by atoms with Crippen molar-refractivity contribution in [2.24, 2.45) is 0 Å². The van der Waals surface area contributed by atoms with Crippen LogP contribution in [0.25, 0.3) is 11.0 Å². The van der Waals surface area contributed by atoms with Crippen LogP contribution in [0.2, 0.25) is 5.02 Å². The molecule has 0 saturated heterocycles. The predicted molar refractivity (Wildman–Crippen MR) is 129 cm³/mol. The number of amides is 1. The number of carbonyl (C=O) groups excluding carboxylic acids is 1. The highest BCUT2D eigenvalue weighted by Gasteiger charge is 2.42. The topological polar surface area (TPSA) is 53.8 Å². The Morgan fingerprint density at radius 3 is 2.38 bits per heavy atom. The molecule has 0 N–H and O–H groups in total. The van der Waals surface area contributed by atoms with Crippen molar-refractivity contribution < 1.29 is 9.21 Å². The smallest absolute Gasteiger partial charge is 0.290 e. The highest BCUT2D eigenvalue weighted by Crippen LogP contribution is 2.39. The molecule has 6 heteroatoms. The fourth-order valence-electron chi connectivity index (χ4n) is 4.29. The van der Waals surface area contributed by atoms with E-state index in [1.165, 1.54) is 5.56 Å². The molecule has 1 amide bonds. The van der Waals surface area contributed by atoms with E-state index in [1.807, 2.05) is 26.2 Å². The lowest BCUT2D eigenvalue weighted by Crippen LogP contribution is -2.32. The Morgan fingerprint density at radius 2 is 1.75 bits per heavy atom.